The van der Waals surface area contributed by atoms with Crippen molar-refractivity contribution >= 4 is 21.8 Å². The lowest BCUT2D eigenvalue weighted by molar-refractivity contribution is 0.0716. The molecule has 0 aliphatic heterocycles. The predicted octanol–water partition coefficient (Wildman–Crippen LogP) is 3.46. The molecule has 0 heterocycles. The van der Waals surface area contributed by atoms with Crippen molar-refractivity contribution in [2.24, 2.45) is 0 Å². The molecule has 0 bridgehead atoms. The molecule has 0 radical (unpaired) electrons. The molecule has 0 spiro atoms. The highest BCUT2D eigenvalue weighted by atomic mass is 79.9. The van der Waals surface area contributed by atoms with Crippen LogP contribution in [-0.4, -0.2) is 23.4 Å². The summed E-state index contributed by atoms with van der Waals surface area (Å²) in [6, 6.07) is 4.25. The molecule has 0 atom stereocenters. The molecule has 1 aromatic rings. The number of hydrogen-bond acceptors (Lipinski definition) is 1. The molecule has 0 saturated carbocycles. The molecular weight excluding hydrogens is 273 g/mol. The smallest absolute Gasteiger partial charge is 0.255 e. The van der Waals surface area contributed by atoms with Crippen molar-refractivity contribution in [1.82, 2.24) is 4.90 Å². The largest absolute Gasteiger partial charge is 0.336 e. The quantitative estimate of drug-likeness (QED) is 0.834. The number of amides is 1. The van der Waals surface area contributed by atoms with E-state index in [1.165, 1.54) is 18.2 Å². The molecule has 1 amide bonds. The summed E-state index contributed by atoms with van der Waals surface area (Å²) in [6.45, 7) is 6.48. The average molecular weight is 288 g/mol. The van der Waals surface area contributed by atoms with Crippen LogP contribution in [0.25, 0.3) is 0 Å². The van der Waals surface area contributed by atoms with Crippen molar-refractivity contribution in [3.63, 3.8) is 0 Å². The number of rotatable bonds is 3. The van der Waals surface area contributed by atoms with E-state index in [9.17, 15) is 9.18 Å². The topological polar surface area (TPSA) is 20.3 Å². The number of benzene rings is 1. The Morgan fingerprint density at radius 3 is 2.56 bits per heavy atom. The van der Waals surface area contributed by atoms with Crippen LogP contribution in [0, 0.1) is 5.82 Å². The highest BCUT2D eigenvalue weighted by Gasteiger charge is 2.19. The Morgan fingerprint density at radius 2 is 2.12 bits per heavy atom. The Hall–Kier alpha value is -0.900. The average Bonchev–Trinajstić information content (AvgIpc) is 2.17. The van der Waals surface area contributed by atoms with Crippen LogP contribution in [0.1, 0.15) is 31.1 Å². The molecule has 4 heteroatoms. The SMILES string of the molecule is CCN(C(=O)c1ccc(F)cc1Br)C(C)C. The number of halogens is 2. The number of carbonyl (C=O) groups excluding carboxylic acids is 1. The first-order valence-electron chi connectivity index (χ1n) is 5.23. The molecule has 2 nitrogen and oxygen atoms in total. The van der Waals surface area contributed by atoms with Gasteiger partial charge in [-0.25, -0.2) is 4.39 Å². The molecule has 0 aromatic heterocycles. The summed E-state index contributed by atoms with van der Waals surface area (Å²) in [5, 5.41) is 0. The first kappa shape index (κ1) is 13.2. The van der Waals surface area contributed by atoms with Gasteiger partial charge in [-0.15, -0.1) is 0 Å². The van der Waals surface area contributed by atoms with E-state index in [1.807, 2.05) is 20.8 Å². The van der Waals surface area contributed by atoms with Gasteiger partial charge in [0, 0.05) is 17.1 Å². The normalized spacial score (nSPS) is 10.6. The zero-order valence-electron chi connectivity index (χ0n) is 9.63. The van der Waals surface area contributed by atoms with E-state index in [1.54, 1.807) is 4.90 Å². The van der Waals surface area contributed by atoms with E-state index in [0.29, 0.717) is 16.6 Å². The minimum absolute atomic E-state index is 0.0793. The summed E-state index contributed by atoms with van der Waals surface area (Å²) in [5.74, 6) is -0.430. The summed E-state index contributed by atoms with van der Waals surface area (Å²) in [4.78, 5) is 13.9. The minimum atomic E-state index is -0.351. The molecule has 0 aliphatic carbocycles. The molecule has 0 aliphatic rings. The summed E-state index contributed by atoms with van der Waals surface area (Å²) >= 11 is 3.21. The summed E-state index contributed by atoms with van der Waals surface area (Å²) in [7, 11) is 0. The maximum Gasteiger partial charge on any atom is 0.255 e. The van der Waals surface area contributed by atoms with Gasteiger partial charge in [0.2, 0.25) is 0 Å². The van der Waals surface area contributed by atoms with Crippen molar-refractivity contribution in [2.45, 2.75) is 26.8 Å². The van der Waals surface area contributed by atoms with Crippen molar-refractivity contribution in [1.29, 1.82) is 0 Å². The van der Waals surface area contributed by atoms with Gasteiger partial charge in [0.25, 0.3) is 5.91 Å². The molecule has 88 valence electrons. The lowest BCUT2D eigenvalue weighted by Gasteiger charge is -2.25. The van der Waals surface area contributed by atoms with Crippen LogP contribution in [0.15, 0.2) is 22.7 Å². The fourth-order valence-corrected chi connectivity index (χ4v) is 2.08. The van der Waals surface area contributed by atoms with E-state index in [2.05, 4.69) is 15.9 Å². The van der Waals surface area contributed by atoms with Gasteiger partial charge in [-0.1, -0.05) is 0 Å². The van der Waals surface area contributed by atoms with Crippen molar-refractivity contribution in [3.8, 4) is 0 Å². The Balaban J connectivity index is 3.04. The van der Waals surface area contributed by atoms with E-state index < -0.39 is 0 Å². The molecule has 0 N–H and O–H groups in total. The number of carbonyl (C=O) groups is 1. The molecule has 0 saturated heterocycles. The predicted molar refractivity (Wildman–Crippen MR) is 65.9 cm³/mol. The Morgan fingerprint density at radius 1 is 1.50 bits per heavy atom. The third-order valence-corrected chi connectivity index (χ3v) is 3.04. The molecule has 1 aromatic carbocycles. The van der Waals surface area contributed by atoms with Crippen molar-refractivity contribution in [2.75, 3.05) is 6.54 Å². The fourth-order valence-electron chi connectivity index (χ4n) is 1.56. The maximum absolute atomic E-state index is 12.9. The van der Waals surface area contributed by atoms with Gasteiger partial charge in [0.15, 0.2) is 0 Å². The zero-order valence-corrected chi connectivity index (χ0v) is 11.2. The van der Waals surface area contributed by atoms with E-state index in [-0.39, 0.29) is 17.8 Å². The second-order valence-electron chi connectivity index (χ2n) is 3.81. The Labute approximate surface area is 104 Å². The van der Waals surface area contributed by atoms with Crippen LogP contribution in [0.3, 0.4) is 0 Å². The maximum atomic E-state index is 12.9. The molecule has 16 heavy (non-hydrogen) atoms. The molecule has 0 unspecified atom stereocenters. The summed E-state index contributed by atoms with van der Waals surface area (Å²) in [6.07, 6.45) is 0. The second kappa shape index (κ2) is 5.43. The van der Waals surface area contributed by atoms with Gasteiger partial charge in [-0.05, 0) is 54.9 Å². The van der Waals surface area contributed by atoms with Gasteiger partial charge in [-0.2, -0.15) is 0 Å². The zero-order chi connectivity index (χ0) is 12.3. The lowest BCUT2D eigenvalue weighted by atomic mass is 10.1. The first-order valence-corrected chi connectivity index (χ1v) is 6.02. The molecule has 1 rings (SSSR count). The van der Waals surface area contributed by atoms with Crippen LogP contribution in [0.5, 0.6) is 0 Å². The number of hydrogen-bond donors (Lipinski definition) is 0. The van der Waals surface area contributed by atoms with Gasteiger partial charge in [-0.3, -0.25) is 4.79 Å². The highest BCUT2D eigenvalue weighted by molar-refractivity contribution is 9.10. The van der Waals surface area contributed by atoms with E-state index in [0.717, 1.165) is 0 Å². The second-order valence-corrected chi connectivity index (χ2v) is 4.66. The van der Waals surface area contributed by atoms with Crippen LogP contribution in [0.4, 0.5) is 4.39 Å². The Bertz CT molecular complexity index is 393. The first-order chi connectivity index (χ1) is 7.47. The monoisotopic (exact) mass is 287 g/mol. The third kappa shape index (κ3) is 2.82. The van der Waals surface area contributed by atoms with Gasteiger partial charge < -0.3 is 4.90 Å². The molecule has 0 fully saturated rings. The fraction of sp³-hybridized carbons (Fsp3) is 0.417. The standard InChI is InChI=1S/C12H15BrFNO/c1-4-15(8(2)3)12(16)10-6-5-9(14)7-11(10)13/h5-8H,4H2,1-3H3. The number of nitrogens with zero attached hydrogens (tertiary/aromatic N) is 1. The van der Waals surface area contributed by atoms with Crippen LogP contribution in [0.2, 0.25) is 0 Å². The highest BCUT2D eigenvalue weighted by Crippen LogP contribution is 2.20. The lowest BCUT2D eigenvalue weighted by Crippen LogP contribution is -2.36. The van der Waals surface area contributed by atoms with E-state index >= 15 is 0 Å². The van der Waals surface area contributed by atoms with Crippen molar-refractivity contribution in [3.05, 3.63) is 34.1 Å². The van der Waals surface area contributed by atoms with Gasteiger partial charge in [0.05, 0.1) is 5.56 Å². The van der Waals surface area contributed by atoms with Gasteiger partial charge in [0.1, 0.15) is 5.82 Å². The summed E-state index contributed by atoms with van der Waals surface area (Å²) < 4.78 is 13.4. The van der Waals surface area contributed by atoms with Crippen LogP contribution in [-0.2, 0) is 0 Å². The van der Waals surface area contributed by atoms with Crippen LogP contribution < -0.4 is 0 Å². The van der Waals surface area contributed by atoms with Crippen molar-refractivity contribution < 1.29 is 9.18 Å². The van der Waals surface area contributed by atoms with E-state index in [4.69, 9.17) is 0 Å². The molecular formula is C12H15BrFNO. The third-order valence-electron chi connectivity index (χ3n) is 2.39. The minimum Gasteiger partial charge on any atom is -0.336 e. The van der Waals surface area contributed by atoms with Crippen LogP contribution >= 0.6 is 15.9 Å². The summed E-state index contributed by atoms with van der Waals surface area (Å²) in [5.41, 5.74) is 0.497. The Kier molecular flexibility index (Phi) is 4.47. The van der Waals surface area contributed by atoms with Gasteiger partial charge >= 0.3 is 0 Å².